The molecule has 26 heavy (non-hydrogen) atoms. The molecule has 2 heterocycles. The Balaban J connectivity index is 1.60. The van der Waals surface area contributed by atoms with Gasteiger partial charge in [-0.25, -0.2) is 4.68 Å². The lowest BCUT2D eigenvalue weighted by molar-refractivity contribution is -0.135. The van der Waals surface area contributed by atoms with Crippen LogP contribution in [0.15, 0.2) is 36.5 Å². The van der Waals surface area contributed by atoms with Crippen LogP contribution in [0, 0.1) is 6.92 Å². The number of nitrogens with one attached hydrogen (secondary N) is 1. The van der Waals surface area contributed by atoms with Gasteiger partial charge >= 0.3 is 0 Å². The molecule has 1 aromatic heterocycles. The molecule has 0 bridgehead atoms. The van der Waals surface area contributed by atoms with Crippen molar-refractivity contribution < 1.29 is 9.59 Å². The van der Waals surface area contributed by atoms with Crippen molar-refractivity contribution in [2.75, 3.05) is 18.4 Å². The topological polar surface area (TPSA) is 67.2 Å². The van der Waals surface area contributed by atoms with E-state index < -0.39 is 0 Å². The molecule has 0 spiro atoms. The van der Waals surface area contributed by atoms with Gasteiger partial charge in [-0.2, -0.15) is 5.10 Å². The normalized spacial score (nSPS) is 15.4. The summed E-state index contributed by atoms with van der Waals surface area (Å²) in [5, 5.41) is 7.19. The molecule has 0 aliphatic carbocycles. The molecular weight excluding hydrogens is 328 g/mol. The van der Waals surface area contributed by atoms with E-state index in [-0.39, 0.29) is 18.4 Å². The minimum absolute atomic E-state index is 0.0769. The van der Waals surface area contributed by atoms with Crippen LogP contribution < -0.4 is 5.32 Å². The average Bonchev–Trinajstić information content (AvgIpc) is 3.03. The van der Waals surface area contributed by atoms with Crippen LogP contribution in [-0.4, -0.2) is 39.6 Å². The zero-order chi connectivity index (χ0) is 18.4. The summed E-state index contributed by atoms with van der Waals surface area (Å²) in [4.78, 5) is 26.3. The van der Waals surface area contributed by atoms with Gasteiger partial charge in [-0.3, -0.25) is 9.59 Å². The molecule has 0 atom stereocenters. The van der Waals surface area contributed by atoms with E-state index in [2.05, 4.69) is 41.6 Å². The summed E-state index contributed by atoms with van der Waals surface area (Å²) < 4.78 is 1.76. The van der Waals surface area contributed by atoms with E-state index in [4.69, 9.17) is 0 Å². The van der Waals surface area contributed by atoms with Gasteiger partial charge in [-0.05, 0) is 25.3 Å². The highest BCUT2D eigenvalue weighted by Gasteiger charge is 2.19. The van der Waals surface area contributed by atoms with Gasteiger partial charge in [0.25, 0.3) is 0 Å². The lowest BCUT2D eigenvalue weighted by Crippen LogP contribution is -2.39. The fourth-order valence-corrected chi connectivity index (χ4v) is 3.17. The van der Waals surface area contributed by atoms with Crippen LogP contribution >= 0.6 is 0 Å². The van der Waals surface area contributed by atoms with Crippen LogP contribution in [0.2, 0.25) is 0 Å². The van der Waals surface area contributed by atoms with Gasteiger partial charge in [0, 0.05) is 19.0 Å². The fraction of sp³-hybridized carbons (Fsp3) is 0.450. The maximum absolute atomic E-state index is 12.4. The van der Waals surface area contributed by atoms with Crippen molar-refractivity contribution in [3.8, 4) is 0 Å². The van der Waals surface area contributed by atoms with Crippen LogP contribution in [0.4, 0.5) is 5.82 Å². The number of amides is 2. The zero-order valence-electron chi connectivity index (χ0n) is 15.3. The Kier molecular flexibility index (Phi) is 6.04. The van der Waals surface area contributed by atoms with E-state index >= 15 is 0 Å². The summed E-state index contributed by atoms with van der Waals surface area (Å²) in [5.74, 6) is 0.549. The molecule has 1 aliphatic heterocycles. The predicted octanol–water partition coefficient (Wildman–Crippen LogP) is 2.97. The maximum Gasteiger partial charge on any atom is 0.245 e. The summed E-state index contributed by atoms with van der Waals surface area (Å²) in [7, 11) is 0. The maximum atomic E-state index is 12.4. The lowest BCUT2D eigenvalue weighted by atomic mass is 10.1. The number of nitrogens with zero attached hydrogens (tertiary/aromatic N) is 3. The van der Waals surface area contributed by atoms with Gasteiger partial charge in [0.1, 0.15) is 5.82 Å². The van der Waals surface area contributed by atoms with E-state index in [0.717, 1.165) is 31.2 Å². The SMILES string of the molecule is Cc1ccc(Cn2nccc2NC(=O)CN2CCCCCCC2=O)cc1. The summed E-state index contributed by atoms with van der Waals surface area (Å²) in [6, 6.07) is 10.0. The quantitative estimate of drug-likeness (QED) is 0.898. The van der Waals surface area contributed by atoms with Crippen molar-refractivity contribution in [1.82, 2.24) is 14.7 Å². The summed E-state index contributed by atoms with van der Waals surface area (Å²) in [6.45, 7) is 3.41. The molecule has 0 saturated carbocycles. The number of aryl methyl sites for hydroxylation is 1. The molecule has 6 nitrogen and oxygen atoms in total. The number of anilines is 1. The molecule has 0 radical (unpaired) electrons. The van der Waals surface area contributed by atoms with Crippen molar-refractivity contribution in [3.63, 3.8) is 0 Å². The van der Waals surface area contributed by atoms with E-state index in [1.54, 1.807) is 21.8 Å². The van der Waals surface area contributed by atoms with Gasteiger partial charge in [-0.1, -0.05) is 42.7 Å². The molecule has 1 fully saturated rings. The Morgan fingerprint density at radius 1 is 1.12 bits per heavy atom. The third-order valence-electron chi connectivity index (χ3n) is 4.69. The standard InChI is InChI=1S/C20H26N4O2/c1-16-7-9-17(10-8-16)14-24-18(11-12-21-24)22-19(25)15-23-13-5-3-2-4-6-20(23)26/h7-12H,2-6,13-15H2,1H3,(H,22,25). The van der Waals surface area contributed by atoms with Crippen molar-refractivity contribution in [2.24, 2.45) is 0 Å². The number of carbonyl (C=O) groups is 2. The number of likely N-dealkylation sites (tertiary alicyclic amines) is 1. The smallest absolute Gasteiger partial charge is 0.245 e. The highest BCUT2D eigenvalue weighted by atomic mass is 16.2. The molecule has 6 heteroatoms. The number of hydrogen-bond donors (Lipinski definition) is 1. The van der Waals surface area contributed by atoms with Crippen LogP contribution in [-0.2, 0) is 16.1 Å². The van der Waals surface area contributed by atoms with Crippen molar-refractivity contribution in [1.29, 1.82) is 0 Å². The number of carbonyl (C=O) groups excluding carboxylic acids is 2. The van der Waals surface area contributed by atoms with Gasteiger partial charge in [0.15, 0.2) is 0 Å². The predicted molar refractivity (Wildman–Crippen MR) is 101 cm³/mol. The molecule has 3 rings (SSSR count). The minimum atomic E-state index is -0.176. The molecule has 2 aromatic rings. The second kappa shape index (κ2) is 8.65. The summed E-state index contributed by atoms with van der Waals surface area (Å²) in [6.07, 6.45) is 6.31. The third kappa shape index (κ3) is 4.94. The Morgan fingerprint density at radius 2 is 1.88 bits per heavy atom. The highest BCUT2D eigenvalue weighted by Crippen LogP contribution is 2.13. The first-order valence-electron chi connectivity index (χ1n) is 9.27. The highest BCUT2D eigenvalue weighted by molar-refractivity contribution is 5.93. The van der Waals surface area contributed by atoms with Gasteiger partial charge in [-0.15, -0.1) is 0 Å². The number of aromatic nitrogens is 2. The van der Waals surface area contributed by atoms with Crippen molar-refractivity contribution in [3.05, 3.63) is 47.7 Å². The third-order valence-corrected chi connectivity index (χ3v) is 4.69. The Labute approximate surface area is 154 Å². The van der Waals surface area contributed by atoms with E-state index in [9.17, 15) is 9.59 Å². The molecule has 138 valence electrons. The molecule has 1 aliphatic rings. The average molecular weight is 354 g/mol. The van der Waals surface area contributed by atoms with Crippen molar-refractivity contribution in [2.45, 2.75) is 45.6 Å². The van der Waals surface area contributed by atoms with E-state index in [1.165, 1.54) is 5.56 Å². The summed E-state index contributed by atoms with van der Waals surface area (Å²) >= 11 is 0. The van der Waals surface area contributed by atoms with E-state index in [1.807, 2.05) is 0 Å². The van der Waals surface area contributed by atoms with Crippen LogP contribution in [0.3, 0.4) is 0 Å². The van der Waals surface area contributed by atoms with Gasteiger partial charge in [0.05, 0.1) is 19.3 Å². The largest absolute Gasteiger partial charge is 0.333 e. The Bertz CT molecular complexity index is 751. The summed E-state index contributed by atoms with van der Waals surface area (Å²) in [5.41, 5.74) is 2.33. The Morgan fingerprint density at radius 3 is 2.69 bits per heavy atom. The zero-order valence-corrected chi connectivity index (χ0v) is 15.3. The van der Waals surface area contributed by atoms with Crippen LogP contribution in [0.1, 0.15) is 43.2 Å². The number of rotatable bonds is 5. The molecular formula is C20H26N4O2. The first-order valence-corrected chi connectivity index (χ1v) is 9.27. The second-order valence-corrected chi connectivity index (χ2v) is 6.89. The van der Waals surface area contributed by atoms with Gasteiger partial charge < -0.3 is 10.2 Å². The molecule has 1 saturated heterocycles. The molecule has 2 amide bonds. The minimum Gasteiger partial charge on any atom is -0.333 e. The first kappa shape index (κ1) is 18.2. The fourth-order valence-electron chi connectivity index (χ4n) is 3.17. The Hall–Kier alpha value is -2.63. The molecule has 0 unspecified atom stereocenters. The number of benzene rings is 1. The van der Waals surface area contributed by atoms with Crippen LogP contribution in [0.25, 0.3) is 0 Å². The van der Waals surface area contributed by atoms with Crippen molar-refractivity contribution >= 4 is 17.6 Å². The molecule has 1 N–H and O–H groups in total. The first-order chi connectivity index (χ1) is 12.6. The second-order valence-electron chi connectivity index (χ2n) is 6.89. The van der Waals surface area contributed by atoms with E-state index in [0.29, 0.717) is 25.3 Å². The monoisotopic (exact) mass is 354 g/mol. The molecule has 1 aromatic carbocycles. The number of hydrogen-bond acceptors (Lipinski definition) is 3. The van der Waals surface area contributed by atoms with Crippen LogP contribution in [0.5, 0.6) is 0 Å². The lowest BCUT2D eigenvalue weighted by Gasteiger charge is -2.24. The van der Waals surface area contributed by atoms with Gasteiger partial charge in [0.2, 0.25) is 11.8 Å².